The zero-order valence-corrected chi connectivity index (χ0v) is 12.1. The fourth-order valence-corrected chi connectivity index (χ4v) is 2.00. The highest BCUT2D eigenvalue weighted by Gasteiger charge is 2.14. The van der Waals surface area contributed by atoms with E-state index in [1.54, 1.807) is 18.2 Å². The average Bonchev–Trinajstić information content (AvgIpc) is 2.28. The summed E-state index contributed by atoms with van der Waals surface area (Å²) in [6, 6.07) is 5.07. The van der Waals surface area contributed by atoms with E-state index in [-0.39, 0.29) is 16.8 Å². The van der Waals surface area contributed by atoms with E-state index in [9.17, 15) is 4.79 Å². The van der Waals surface area contributed by atoms with Crippen molar-refractivity contribution in [1.82, 2.24) is 0 Å². The van der Waals surface area contributed by atoms with Gasteiger partial charge in [0.05, 0.1) is 5.69 Å². The summed E-state index contributed by atoms with van der Waals surface area (Å²) in [7, 11) is 0. The van der Waals surface area contributed by atoms with E-state index in [1.807, 2.05) is 13.8 Å². The second kappa shape index (κ2) is 6.71. The Hall–Kier alpha value is -1.13. The van der Waals surface area contributed by atoms with Crippen molar-refractivity contribution >= 4 is 40.4 Å². The van der Waals surface area contributed by atoms with E-state index in [1.165, 1.54) is 0 Å². The van der Waals surface area contributed by atoms with Crippen LogP contribution < -0.4 is 11.1 Å². The first kappa shape index (κ1) is 14.9. The maximum atomic E-state index is 12.0. The van der Waals surface area contributed by atoms with Gasteiger partial charge in [0.1, 0.15) is 4.99 Å². The molecule has 0 radical (unpaired) electrons. The standard InChI is InChI=1S/C13H17ClN2OS/c1-3-4-8(2)13(17)16-11-7-9(14)5-6-10(11)12(15)18/h5-8H,3-4H2,1-2H3,(H2,15,18)(H,16,17). The number of anilines is 1. The van der Waals surface area contributed by atoms with E-state index in [4.69, 9.17) is 29.6 Å². The number of carbonyl (C=O) groups is 1. The van der Waals surface area contributed by atoms with Crippen LogP contribution in [0.4, 0.5) is 5.69 Å². The molecule has 0 saturated carbocycles. The lowest BCUT2D eigenvalue weighted by Gasteiger charge is -2.14. The van der Waals surface area contributed by atoms with Gasteiger partial charge in [0.2, 0.25) is 5.91 Å². The predicted octanol–water partition coefficient (Wildman–Crippen LogP) is 3.35. The van der Waals surface area contributed by atoms with Crippen LogP contribution >= 0.6 is 23.8 Å². The number of hydrogen-bond acceptors (Lipinski definition) is 2. The molecule has 0 saturated heterocycles. The minimum Gasteiger partial charge on any atom is -0.389 e. The minimum atomic E-state index is -0.0480. The molecule has 98 valence electrons. The first-order valence-electron chi connectivity index (χ1n) is 5.86. The molecule has 1 atom stereocenters. The molecule has 0 bridgehead atoms. The molecule has 0 aliphatic rings. The maximum Gasteiger partial charge on any atom is 0.227 e. The van der Waals surface area contributed by atoms with Gasteiger partial charge < -0.3 is 11.1 Å². The van der Waals surface area contributed by atoms with E-state index in [2.05, 4.69) is 5.32 Å². The van der Waals surface area contributed by atoms with Gasteiger partial charge in [-0.2, -0.15) is 0 Å². The quantitative estimate of drug-likeness (QED) is 0.815. The number of nitrogens with one attached hydrogen (secondary N) is 1. The van der Waals surface area contributed by atoms with Crippen molar-refractivity contribution in [1.29, 1.82) is 0 Å². The molecule has 0 aliphatic carbocycles. The summed E-state index contributed by atoms with van der Waals surface area (Å²) in [5, 5.41) is 3.36. The van der Waals surface area contributed by atoms with Crippen LogP contribution in [0.5, 0.6) is 0 Å². The third kappa shape index (κ3) is 3.96. The normalized spacial score (nSPS) is 11.9. The first-order valence-corrected chi connectivity index (χ1v) is 6.64. The van der Waals surface area contributed by atoms with Crippen molar-refractivity contribution in [3.8, 4) is 0 Å². The Kier molecular flexibility index (Phi) is 5.56. The fraction of sp³-hybridized carbons (Fsp3) is 0.385. The van der Waals surface area contributed by atoms with Gasteiger partial charge in [0.15, 0.2) is 0 Å². The van der Waals surface area contributed by atoms with Gasteiger partial charge in [-0.05, 0) is 24.6 Å². The lowest BCUT2D eigenvalue weighted by molar-refractivity contribution is -0.119. The fourth-order valence-electron chi connectivity index (χ4n) is 1.65. The van der Waals surface area contributed by atoms with Crippen molar-refractivity contribution in [2.45, 2.75) is 26.7 Å². The van der Waals surface area contributed by atoms with Crippen LogP contribution in [0.25, 0.3) is 0 Å². The lowest BCUT2D eigenvalue weighted by Crippen LogP contribution is -2.22. The average molecular weight is 285 g/mol. The Labute approximate surface area is 118 Å². The number of benzene rings is 1. The van der Waals surface area contributed by atoms with Gasteiger partial charge in [-0.3, -0.25) is 4.79 Å². The summed E-state index contributed by atoms with van der Waals surface area (Å²) in [6.45, 7) is 3.94. The second-order valence-corrected chi connectivity index (χ2v) is 5.11. The van der Waals surface area contributed by atoms with E-state index in [0.29, 0.717) is 16.3 Å². The molecule has 1 aromatic rings. The van der Waals surface area contributed by atoms with Crippen molar-refractivity contribution in [2.75, 3.05) is 5.32 Å². The maximum absolute atomic E-state index is 12.0. The topological polar surface area (TPSA) is 55.1 Å². The SMILES string of the molecule is CCCC(C)C(=O)Nc1cc(Cl)ccc1C(N)=S. The molecular weight excluding hydrogens is 268 g/mol. The number of carbonyl (C=O) groups excluding carboxylic acids is 1. The summed E-state index contributed by atoms with van der Waals surface area (Å²) < 4.78 is 0. The monoisotopic (exact) mass is 284 g/mol. The summed E-state index contributed by atoms with van der Waals surface area (Å²) in [6.07, 6.45) is 1.81. The Morgan fingerprint density at radius 3 is 2.78 bits per heavy atom. The van der Waals surface area contributed by atoms with Crippen LogP contribution in [0.3, 0.4) is 0 Å². The molecular formula is C13H17ClN2OS. The van der Waals surface area contributed by atoms with Crippen LogP contribution in [0.2, 0.25) is 5.02 Å². The molecule has 0 fully saturated rings. The van der Waals surface area contributed by atoms with Crippen LogP contribution in [-0.2, 0) is 4.79 Å². The zero-order valence-electron chi connectivity index (χ0n) is 10.5. The molecule has 3 nitrogen and oxygen atoms in total. The van der Waals surface area contributed by atoms with Crippen LogP contribution in [-0.4, -0.2) is 10.9 Å². The Bertz CT molecular complexity index is 462. The van der Waals surface area contributed by atoms with Crippen molar-refractivity contribution < 1.29 is 4.79 Å². The number of rotatable bonds is 5. The summed E-state index contributed by atoms with van der Waals surface area (Å²) in [5.41, 5.74) is 6.82. The lowest BCUT2D eigenvalue weighted by atomic mass is 10.0. The largest absolute Gasteiger partial charge is 0.389 e. The highest BCUT2D eigenvalue weighted by Crippen LogP contribution is 2.22. The van der Waals surface area contributed by atoms with Gasteiger partial charge >= 0.3 is 0 Å². The highest BCUT2D eigenvalue weighted by molar-refractivity contribution is 7.80. The van der Waals surface area contributed by atoms with Gasteiger partial charge in [-0.1, -0.05) is 44.1 Å². The second-order valence-electron chi connectivity index (χ2n) is 4.23. The number of nitrogens with two attached hydrogens (primary N) is 1. The molecule has 18 heavy (non-hydrogen) atoms. The Morgan fingerprint density at radius 2 is 2.22 bits per heavy atom. The van der Waals surface area contributed by atoms with E-state index in [0.717, 1.165) is 12.8 Å². The number of hydrogen-bond donors (Lipinski definition) is 2. The molecule has 0 spiro atoms. The molecule has 0 heterocycles. The summed E-state index contributed by atoms with van der Waals surface area (Å²) >= 11 is 10.9. The van der Waals surface area contributed by atoms with Crippen molar-refractivity contribution in [2.24, 2.45) is 11.7 Å². The summed E-state index contributed by atoms with van der Waals surface area (Å²) in [5.74, 6) is -0.0928. The molecule has 1 rings (SSSR count). The zero-order chi connectivity index (χ0) is 13.7. The third-order valence-corrected chi connectivity index (χ3v) is 3.13. The van der Waals surface area contributed by atoms with Gasteiger partial charge in [-0.25, -0.2) is 0 Å². The third-order valence-electron chi connectivity index (χ3n) is 2.67. The van der Waals surface area contributed by atoms with E-state index < -0.39 is 0 Å². The molecule has 1 aromatic carbocycles. The molecule has 0 aliphatic heterocycles. The van der Waals surface area contributed by atoms with E-state index >= 15 is 0 Å². The number of amides is 1. The van der Waals surface area contributed by atoms with Crippen molar-refractivity contribution in [3.63, 3.8) is 0 Å². The van der Waals surface area contributed by atoms with Gasteiger partial charge in [0.25, 0.3) is 0 Å². The van der Waals surface area contributed by atoms with Gasteiger partial charge in [0, 0.05) is 16.5 Å². The Balaban J connectivity index is 2.92. The Morgan fingerprint density at radius 1 is 1.56 bits per heavy atom. The molecule has 5 heteroatoms. The predicted molar refractivity (Wildman–Crippen MR) is 80.0 cm³/mol. The van der Waals surface area contributed by atoms with Gasteiger partial charge in [-0.15, -0.1) is 0 Å². The first-order chi connectivity index (χ1) is 8.45. The number of halogens is 1. The molecule has 0 aromatic heterocycles. The highest BCUT2D eigenvalue weighted by atomic mass is 35.5. The van der Waals surface area contributed by atoms with Crippen LogP contribution in [0, 0.1) is 5.92 Å². The van der Waals surface area contributed by atoms with Crippen molar-refractivity contribution in [3.05, 3.63) is 28.8 Å². The number of thiocarbonyl (C=S) groups is 1. The van der Waals surface area contributed by atoms with Crippen LogP contribution in [0.15, 0.2) is 18.2 Å². The minimum absolute atomic E-state index is 0.0448. The smallest absolute Gasteiger partial charge is 0.227 e. The molecule has 1 amide bonds. The molecule has 1 unspecified atom stereocenters. The molecule has 3 N–H and O–H groups in total. The van der Waals surface area contributed by atoms with Crippen LogP contribution in [0.1, 0.15) is 32.3 Å². The summed E-state index contributed by atoms with van der Waals surface area (Å²) in [4.78, 5) is 12.2.